The molecule has 1 aliphatic carbocycles. The average molecular weight is 315 g/mol. The average Bonchev–Trinajstić information content (AvgIpc) is 3.01. The van der Waals surface area contributed by atoms with Crippen molar-refractivity contribution in [3.63, 3.8) is 0 Å². The summed E-state index contributed by atoms with van der Waals surface area (Å²) in [5.41, 5.74) is 2.10. The van der Waals surface area contributed by atoms with Crippen LogP contribution < -0.4 is 5.32 Å². The fraction of sp³-hybridized carbons (Fsp3) is 0.556. The number of fused-ring (bicyclic) bond motifs is 1. The van der Waals surface area contributed by atoms with Gasteiger partial charge in [-0.2, -0.15) is 0 Å². The van der Waals surface area contributed by atoms with Crippen molar-refractivity contribution in [2.45, 2.75) is 44.7 Å². The van der Waals surface area contributed by atoms with Crippen molar-refractivity contribution in [3.8, 4) is 0 Å². The summed E-state index contributed by atoms with van der Waals surface area (Å²) in [5, 5.41) is 2.72. The lowest BCUT2D eigenvalue weighted by Crippen LogP contribution is -2.40. The molecule has 1 fully saturated rings. The van der Waals surface area contributed by atoms with Crippen LogP contribution in [0.3, 0.4) is 0 Å². The minimum absolute atomic E-state index is 0.128. The second kappa shape index (κ2) is 5.96. The van der Waals surface area contributed by atoms with E-state index in [1.54, 1.807) is 13.8 Å². The molecule has 1 N–H and O–H groups in total. The fourth-order valence-corrected chi connectivity index (χ4v) is 3.65. The highest BCUT2D eigenvalue weighted by Gasteiger charge is 2.43. The summed E-state index contributed by atoms with van der Waals surface area (Å²) in [7, 11) is 2.13. The normalized spacial score (nSPS) is 22.6. The van der Waals surface area contributed by atoms with E-state index in [0.717, 1.165) is 25.8 Å². The Morgan fingerprint density at radius 1 is 1.30 bits per heavy atom. The molecule has 1 aromatic carbocycles. The van der Waals surface area contributed by atoms with Gasteiger partial charge in [0.15, 0.2) is 0 Å². The van der Waals surface area contributed by atoms with Crippen LogP contribution in [0.1, 0.15) is 43.9 Å². The molecule has 0 saturated carbocycles. The smallest absolute Gasteiger partial charge is 0.324 e. The van der Waals surface area contributed by atoms with Crippen molar-refractivity contribution in [3.05, 3.63) is 35.4 Å². The Hall–Kier alpha value is -1.88. The summed E-state index contributed by atoms with van der Waals surface area (Å²) in [6.07, 6.45) is 3.07. The van der Waals surface area contributed by atoms with Gasteiger partial charge < -0.3 is 5.32 Å². The maximum atomic E-state index is 12.2. The van der Waals surface area contributed by atoms with Gasteiger partial charge in [-0.05, 0) is 51.3 Å². The first-order valence-corrected chi connectivity index (χ1v) is 8.32. The molecular weight excluding hydrogens is 290 g/mol. The highest BCUT2D eigenvalue weighted by molar-refractivity contribution is 6.06. The van der Waals surface area contributed by atoms with Crippen LogP contribution in [-0.4, -0.2) is 47.4 Å². The molecule has 0 aromatic heterocycles. The van der Waals surface area contributed by atoms with Gasteiger partial charge in [0.1, 0.15) is 5.54 Å². The van der Waals surface area contributed by atoms with Crippen molar-refractivity contribution < 1.29 is 9.59 Å². The maximum Gasteiger partial charge on any atom is 0.325 e. The van der Waals surface area contributed by atoms with Crippen molar-refractivity contribution in [1.29, 1.82) is 0 Å². The van der Waals surface area contributed by atoms with E-state index >= 15 is 0 Å². The highest BCUT2D eigenvalue weighted by atomic mass is 16.2. The van der Waals surface area contributed by atoms with E-state index in [-0.39, 0.29) is 11.9 Å². The molecule has 0 unspecified atom stereocenters. The van der Waals surface area contributed by atoms with Crippen LogP contribution in [0, 0.1) is 0 Å². The molecule has 3 amide bonds. The van der Waals surface area contributed by atoms with Crippen LogP contribution in [0.15, 0.2) is 24.3 Å². The second-order valence-corrected chi connectivity index (χ2v) is 7.10. The molecule has 23 heavy (non-hydrogen) atoms. The van der Waals surface area contributed by atoms with Gasteiger partial charge in [-0.3, -0.25) is 14.6 Å². The van der Waals surface area contributed by atoms with Gasteiger partial charge in [0.25, 0.3) is 5.91 Å². The Labute approximate surface area is 137 Å². The van der Waals surface area contributed by atoms with Crippen LogP contribution in [0.2, 0.25) is 0 Å². The summed E-state index contributed by atoms with van der Waals surface area (Å²) in [4.78, 5) is 27.7. The van der Waals surface area contributed by atoms with Crippen molar-refractivity contribution in [2.75, 3.05) is 20.1 Å². The first-order chi connectivity index (χ1) is 10.9. The second-order valence-electron chi connectivity index (χ2n) is 7.10. The highest BCUT2D eigenvalue weighted by Crippen LogP contribution is 2.34. The Balaban J connectivity index is 1.54. The molecule has 0 spiro atoms. The molecule has 2 aliphatic rings. The van der Waals surface area contributed by atoms with Crippen molar-refractivity contribution in [2.24, 2.45) is 0 Å². The monoisotopic (exact) mass is 315 g/mol. The van der Waals surface area contributed by atoms with Crippen LogP contribution in [-0.2, 0) is 11.2 Å². The molecule has 0 bridgehead atoms. The van der Waals surface area contributed by atoms with Crippen LogP contribution in [0.5, 0.6) is 0 Å². The summed E-state index contributed by atoms with van der Waals surface area (Å²) < 4.78 is 0. The standard InChI is InChI=1S/C18H25N3O2/c1-18(2)16(22)21(17(23)19-18)12-6-11-20(3)15-10-9-13-7-4-5-8-14(13)15/h4-5,7-8,15H,6,9-12H2,1-3H3,(H,19,23)/t15-/m1/s1. The summed E-state index contributed by atoms with van der Waals surface area (Å²) >= 11 is 0. The minimum Gasteiger partial charge on any atom is -0.324 e. The third-order valence-electron chi connectivity index (χ3n) is 4.97. The van der Waals surface area contributed by atoms with E-state index in [2.05, 4.69) is 41.5 Å². The van der Waals surface area contributed by atoms with Gasteiger partial charge in [0.05, 0.1) is 0 Å². The molecule has 0 radical (unpaired) electrons. The lowest BCUT2D eigenvalue weighted by molar-refractivity contribution is -0.130. The number of carbonyl (C=O) groups excluding carboxylic acids is 2. The van der Waals surface area contributed by atoms with Crippen LogP contribution >= 0.6 is 0 Å². The Morgan fingerprint density at radius 2 is 2.04 bits per heavy atom. The van der Waals surface area contributed by atoms with E-state index < -0.39 is 5.54 Å². The number of urea groups is 1. The molecule has 1 aliphatic heterocycles. The minimum atomic E-state index is -0.770. The SMILES string of the molecule is CN(CCCN1C(=O)NC(C)(C)C1=O)[C@@H]1CCc2ccccc21. The zero-order valence-corrected chi connectivity index (χ0v) is 14.1. The van der Waals surface area contributed by atoms with Gasteiger partial charge in [0.2, 0.25) is 0 Å². The molecule has 1 atom stereocenters. The number of nitrogens with one attached hydrogen (secondary N) is 1. The van der Waals surface area contributed by atoms with Crippen molar-refractivity contribution >= 4 is 11.9 Å². The zero-order chi connectivity index (χ0) is 16.6. The van der Waals surface area contributed by atoms with E-state index in [1.165, 1.54) is 16.0 Å². The number of imide groups is 1. The molecule has 124 valence electrons. The molecule has 3 rings (SSSR count). The molecular formula is C18H25N3O2. The predicted octanol–water partition coefficient (Wildman–Crippen LogP) is 2.33. The Bertz CT molecular complexity index is 626. The number of benzene rings is 1. The number of rotatable bonds is 5. The first kappa shape index (κ1) is 16.0. The third-order valence-corrected chi connectivity index (χ3v) is 4.97. The Morgan fingerprint density at radius 3 is 2.74 bits per heavy atom. The van der Waals surface area contributed by atoms with Gasteiger partial charge in [-0.1, -0.05) is 24.3 Å². The summed E-state index contributed by atoms with van der Waals surface area (Å²) in [6.45, 7) is 4.84. The summed E-state index contributed by atoms with van der Waals surface area (Å²) in [6, 6.07) is 8.79. The van der Waals surface area contributed by atoms with Gasteiger partial charge >= 0.3 is 6.03 Å². The quantitative estimate of drug-likeness (QED) is 0.849. The Kier molecular flexibility index (Phi) is 4.15. The van der Waals surface area contributed by atoms with Crippen LogP contribution in [0.4, 0.5) is 4.79 Å². The number of aryl methyl sites for hydroxylation is 1. The van der Waals surface area contributed by atoms with Crippen LogP contribution in [0.25, 0.3) is 0 Å². The lowest BCUT2D eigenvalue weighted by atomic mass is 10.1. The fourth-order valence-electron chi connectivity index (χ4n) is 3.65. The molecule has 1 heterocycles. The number of amides is 3. The first-order valence-electron chi connectivity index (χ1n) is 8.32. The van der Waals surface area contributed by atoms with Gasteiger partial charge in [-0.15, -0.1) is 0 Å². The topological polar surface area (TPSA) is 52.6 Å². The number of hydrogen-bond donors (Lipinski definition) is 1. The molecule has 5 heteroatoms. The molecule has 5 nitrogen and oxygen atoms in total. The molecule has 1 aromatic rings. The van der Waals surface area contributed by atoms with E-state index in [4.69, 9.17) is 0 Å². The maximum absolute atomic E-state index is 12.2. The van der Waals surface area contributed by atoms with E-state index in [9.17, 15) is 9.59 Å². The van der Waals surface area contributed by atoms with Crippen molar-refractivity contribution in [1.82, 2.24) is 15.1 Å². The van der Waals surface area contributed by atoms with Gasteiger partial charge in [0, 0.05) is 19.1 Å². The predicted molar refractivity (Wildman–Crippen MR) is 89.1 cm³/mol. The zero-order valence-electron chi connectivity index (χ0n) is 14.1. The van der Waals surface area contributed by atoms with E-state index in [1.807, 2.05) is 0 Å². The van der Waals surface area contributed by atoms with Gasteiger partial charge in [-0.25, -0.2) is 4.79 Å². The largest absolute Gasteiger partial charge is 0.325 e. The number of hydrogen-bond acceptors (Lipinski definition) is 3. The third kappa shape index (κ3) is 2.98. The van der Waals surface area contributed by atoms with E-state index in [0.29, 0.717) is 12.6 Å². The molecule has 1 saturated heterocycles. The summed E-state index contributed by atoms with van der Waals surface area (Å²) in [5.74, 6) is -0.128. The number of carbonyl (C=O) groups is 2. The lowest BCUT2D eigenvalue weighted by Gasteiger charge is -2.26. The number of nitrogens with zero attached hydrogens (tertiary/aromatic N) is 2.